The molecule has 1 atom stereocenters. The van der Waals surface area contributed by atoms with E-state index in [0.717, 1.165) is 24.7 Å². The third-order valence-electron chi connectivity index (χ3n) is 3.95. The average molecular weight is 340 g/mol. The van der Waals surface area contributed by atoms with Crippen LogP contribution in [0.15, 0.2) is 24.3 Å². The maximum atomic E-state index is 12.3. The molecule has 0 spiro atoms. The molecule has 0 aromatic heterocycles. The Morgan fingerprint density at radius 2 is 2.13 bits per heavy atom. The number of sulfonamides is 1. The maximum Gasteiger partial charge on any atom is 0.260 e. The molecule has 1 aliphatic rings. The van der Waals surface area contributed by atoms with Gasteiger partial charge in [0.2, 0.25) is 10.0 Å². The molecule has 1 aliphatic heterocycles. The third kappa shape index (κ3) is 5.84. The van der Waals surface area contributed by atoms with Crippen molar-refractivity contribution in [2.24, 2.45) is 5.92 Å². The van der Waals surface area contributed by atoms with E-state index in [-0.39, 0.29) is 18.4 Å². The van der Waals surface area contributed by atoms with Crippen molar-refractivity contribution in [1.82, 2.24) is 9.62 Å². The summed E-state index contributed by atoms with van der Waals surface area (Å²) in [6, 6.07) is 7.58. The number of benzene rings is 1. The number of carbonyl (C=O) groups excluding carboxylic acids is 1. The number of nitrogens with zero attached hydrogens (tertiary/aromatic N) is 1. The topological polar surface area (TPSA) is 75.7 Å². The van der Waals surface area contributed by atoms with Gasteiger partial charge in [-0.05, 0) is 37.3 Å². The van der Waals surface area contributed by atoms with Gasteiger partial charge in [-0.2, -0.15) is 0 Å². The number of amides is 1. The third-order valence-corrected chi connectivity index (χ3v) is 4.64. The summed E-state index contributed by atoms with van der Waals surface area (Å²) < 4.78 is 30.5. The van der Waals surface area contributed by atoms with Crippen LogP contribution < -0.4 is 9.46 Å². The molecule has 0 saturated carbocycles. The van der Waals surface area contributed by atoms with E-state index in [1.54, 1.807) is 4.90 Å². The lowest BCUT2D eigenvalue weighted by Crippen LogP contribution is -2.45. The Morgan fingerprint density at radius 3 is 2.83 bits per heavy atom. The average Bonchev–Trinajstić information content (AvgIpc) is 2.51. The number of para-hydroxylation sites is 1. The first-order valence-corrected chi connectivity index (χ1v) is 9.65. The van der Waals surface area contributed by atoms with Gasteiger partial charge in [0.05, 0.1) is 6.26 Å². The van der Waals surface area contributed by atoms with Crippen molar-refractivity contribution >= 4 is 15.9 Å². The van der Waals surface area contributed by atoms with E-state index in [1.807, 2.05) is 31.2 Å². The van der Waals surface area contributed by atoms with Crippen LogP contribution in [0.5, 0.6) is 5.75 Å². The van der Waals surface area contributed by atoms with Crippen LogP contribution in [0.2, 0.25) is 0 Å². The highest BCUT2D eigenvalue weighted by Gasteiger charge is 2.24. The summed E-state index contributed by atoms with van der Waals surface area (Å²) >= 11 is 0. The van der Waals surface area contributed by atoms with Crippen LogP contribution in [0.25, 0.3) is 0 Å². The molecule has 1 saturated heterocycles. The molecule has 2 rings (SSSR count). The Labute approximate surface area is 137 Å². The van der Waals surface area contributed by atoms with Gasteiger partial charge in [0.1, 0.15) is 5.75 Å². The fourth-order valence-electron chi connectivity index (χ4n) is 2.68. The number of carbonyl (C=O) groups is 1. The fraction of sp³-hybridized carbons (Fsp3) is 0.562. The summed E-state index contributed by atoms with van der Waals surface area (Å²) in [5.74, 6) is 0.811. The largest absolute Gasteiger partial charge is 0.484 e. The quantitative estimate of drug-likeness (QED) is 0.843. The van der Waals surface area contributed by atoms with Crippen molar-refractivity contribution in [3.05, 3.63) is 29.8 Å². The zero-order chi connectivity index (χ0) is 16.9. The number of hydrogen-bond donors (Lipinski definition) is 1. The Hall–Kier alpha value is -1.60. The molecule has 1 N–H and O–H groups in total. The zero-order valence-corrected chi connectivity index (χ0v) is 14.4. The Kier molecular flexibility index (Phi) is 6.01. The molecule has 7 heteroatoms. The standard InChI is InChI=1S/C16H24N2O4S/c1-13-6-3-4-8-15(13)22-12-16(19)18-9-5-7-14(11-18)10-17-23(2,20)21/h3-4,6,8,14,17H,5,7,9-12H2,1-2H3. The van der Waals surface area contributed by atoms with E-state index in [0.29, 0.717) is 25.4 Å². The molecule has 1 amide bonds. The molecule has 0 bridgehead atoms. The normalized spacial score (nSPS) is 18.7. The van der Waals surface area contributed by atoms with Crippen molar-refractivity contribution in [3.8, 4) is 5.75 Å². The number of ether oxygens (including phenoxy) is 1. The minimum atomic E-state index is -3.19. The van der Waals surface area contributed by atoms with Gasteiger partial charge >= 0.3 is 0 Å². The smallest absolute Gasteiger partial charge is 0.260 e. The van der Waals surface area contributed by atoms with Gasteiger partial charge in [0, 0.05) is 19.6 Å². The molecular formula is C16H24N2O4S. The van der Waals surface area contributed by atoms with Crippen molar-refractivity contribution < 1.29 is 17.9 Å². The van der Waals surface area contributed by atoms with Crippen LogP contribution in [0, 0.1) is 12.8 Å². The van der Waals surface area contributed by atoms with Gasteiger partial charge < -0.3 is 9.64 Å². The molecule has 128 valence electrons. The van der Waals surface area contributed by atoms with Crippen molar-refractivity contribution in [1.29, 1.82) is 0 Å². The van der Waals surface area contributed by atoms with E-state index < -0.39 is 10.0 Å². The summed E-state index contributed by atoms with van der Waals surface area (Å²) in [4.78, 5) is 14.1. The molecule has 1 heterocycles. The van der Waals surface area contributed by atoms with E-state index in [2.05, 4.69) is 4.72 Å². The van der Waals surface area contributed by atoms with E-state index in [1.165, 1.54) is 0 Å². The number of aryl methyl sites for hydroxylation is 1. The Morgan fingerprint density at radius 1 is 1.39 bits per heavy atom. The highest BCUT2D eigenvalue weighted by Crippen LogP contribution is 2.18. The van der Waals surface area contributed by atoms with Gasteiger partial charge in [-0.3, -0.25) is 4.79 Å². The first-order valence-electron chi connectivity index (χ1n) is 7.76. The SMILES string of the molecule is Cc1ccccc1OCC(=O)N1CCCC(CNS(C)(=O)=O)C1. The highest BCUT2D eigenvalue weighted by atomic mass is 32.2. The Bertz CT molecular complexity index is 645. The van der Waals surface area contributed by atoms with E-state index in [9.17, 15) is 13.2 Å². The summed E-state index contributed by atoms with van der Waals surface area (Å²) in [5.41, 5.74) is 0.995. The number of hydrogen-bond acceptors (Lipinski definition) is 4. The first kappa shape index (κ1) is 17.7. The second kappa shape index (κ2) is 7.79. The minimum absolute atomic E-state index is 0.0110. The van der Waals surface area contributed by atoms with Crippen molar-refractivity contribution in [3.63, 3.8) is 0 Å². The van der Waals surface area contributed by atoms with Crippen LogP contribution in [0.4, 0.5) is 0 Å². The molecule has 1 fully saturated rings. The van der Waals surface area contributed by atoms with E-state index in [4.69, 9.17) is 4.74 Å². The molecule has 6 nitrogen and oxygen atoms in total. The highest BCUT2D eigenvalue weighted by molar-refractivity contribution is 7.88. The number of piperidine rings is 1. The number of rotatable bonds is 6. The van der Waals surface area contributed by atoms with Crippen LogP contribution in [-0.4, -0.2) is 51.7 Å². The van der Waals surface area contributed by atoms with Crippen molar-refractivity contribution in [2.45, 2.75) is 19.8 Å². The molecule has 1 aromatic rings. The summed E-state index contributed by atoms with van der Waals surface area (Å²) in [5, 5.41) is 0. The number of likely N-dealkylation sites (tertiary alicyclic amines) is 1. The predicted octanol–water partition coefficient (Wildman–Crippen LogP) is 1.16. The molecule has 23 heavy (non-hydrogen) atoms. The zero-order valence-electron chi connectivity index (χ0n) is 13.6. The number of nitrogens with one attached hydrogen (secondary N) is 1. The van der Waals surface area contributed by atoms with Crippen LogP contribution in [-0.2, 0) is 14.8 Å². The predicted molar refractivity (Wildman–Crippen MR) is 88.8 cm³/mol. The molecule has 1 aromatic carbocycles. The molecule has 1 unspecified atom stereocenters. The second-order valence-corrected chi connectivity index (χ2v) is 7.86. The second-order valence-electron chi connectivity index (χ2n) is 6.02. The first-order chi connectivity index (χ1) is 10.8. The van der Waals surface area contributed by atoms with Gasteiger partial charge in [0.15, 0.2) is 6.61 Å². The lowest BCUT2D eigenvalue weighted by molar-refractivity contribution is -0.135. The molecule has 0 radical (unpaired) electrons. The van der Waals surface area contributed by atoms with Crippen LogP contribution in [0.1, 0.15) is 18.4 Å². The summed E-state index contributed by atoms with van der Waals surface area (Å²) in [6.45, 7) is 3.59. The van der Waals surface area contributed by atoms with Gasteiger partial charge in [-0.25, -0.2) is 13.1 Å². The minimum Gasteiger partial charge on any atom is -0.484 e. The van der Waals surface area contributed by atoms with Gasteiger partial charge in [-0.15, -0.1) is 0 Å². The molecule has 0 aliphatic carbocycles. The van der Waals surface area contributed by atoms with Gasteiger partial charge in [-0.1, -0.05) is 18.2 Å². The fourth-order valence-corrected chi connectivity index (χ4v) is 3.22. The van der Waals surface area contributed by atoms with Crippen LogP contribution in [0.3, 0.4) is 0 Å². The maximum absolute atomic E-state index is 12.3. The lowest BCUT2D eigenvalue weighted by Gasteiger charge is -2.32. The van der Waals surface area contributed by atoms with Gasteiger partial charge in [0.25, 0.3) is 5.91 Å². The van der Waals surface area contributed by atoms with E-state index >= 15 is 0 Å². The Balaban J connectivity index is 1.83. The summed E-state index contributed by atoms with van der Waals surface area (Å²) in [7, 11) is -3.19. The summed E-state index contributed by atoms with van der Waals surface area (Å²) in [6.07, 6.45) is 2.95. The monoisotopic (exact) mass is 340 g/mol. The molecular weight excluding hydrogens is 316 g/mol. The van der Waals surface area contributed by atoms with Crippen LogP contribution >= 0.6 is 0 Å². The van der Waals surface area contributed by atoms with Crippen molar-refractivity contribution in [2.75, 3.05) is 32.5 Å². The lowest BCUT2D eigenvalue weighted by atomic mass is 9.98.